The van der Waals surface area contributed by atoms with E-state index in [0.717, 1.165) is 34.9 Å². The van der Waals surface area contributed by atoms with E-state index >= 15 is 0 Å². The molecule has 0 atom stereocenters. The zero-order valence-electron chi connectivity index (χ0n) is 12.1. The third kappa shape index (κ3) is 3.08. The van der Waals surface area contributed by atoms with Crippen LogP contribution >= 0.6 is 0 Å². The SMILES string of the molecule is CCc1cc(CO)cc(N(C)c2cccc(OC)c2)n1. The van der Waals surface area contributed by atoms with Crippen molar-refractivity contribution < 1.29 is 9.84 Å². The fraction of sp³-hybridized carbons (Fsp3) is 0.312. The lowest BCUT2D eigenvalue weighted by atomic mass is 10.2. The fourth-order valence-electron chi connectivity index (χ4n) is 2.03. The van der Waals surface area contributed by atoms with E-state index in [2.05, 4.69) is 11.9 Å². The van der Waals surface area contributed by atoms with Gasteiger partial charge in [0.1, 0.15) is 11.6 Å². The summed E-state index contributed by atoms with van der Waals surface area (Å²) in [7, 11) is 3.61. The molecule has 106 valence electrons. The van der Waals surface area contributed by atoms with Gasteiger partial charge < -0.3 is 14.7 Å². The summed E-state index contributed by atoms with van der Waals surface area (Å²) in [5.74, 6) is 1.63. The van der Waals surface area contributed by atoms with E-state index in [9.17, 15) is 5.11 Å². The van der Waals surface area contributed by atoms with Crippen LogP contribution in [0.1, 0.15) is 18.2 Å². The minimum absolute atomic E-state index is 0.0223. The lowest BCUT2D eigenvalue weighted by Gasteiger charge is -2.20. The molecule has 0 unspecified atom stereocenters. The van der Waals surface area contributed by atoms with E-state index in [-0.39, 0.29) is 6.61 Å². The van der Waals surface area contributed by atoms with Crippen molar-refractivity contribution in [1.29, 1.82) is 0 Å². The Labute approximate surface area is 119 Å². The third-order valence-electron chi connectivity index (χ3n) is 3.25. The average molecular weight is 272 g/mol. The first-order valence-electron chi connectivity index (χ1n) is 6.66. The van der Waals surface area contributed by atoms with E-state index in [0.29, 0.717) is 0 Å². The van der Waals surface area contributed by atoms with Crippen molar-refractivity contribution in [2.24, 2.45) is 0 Å². The van der Waals surface area contributed by atoms with Crippen molar-refractivity contribution in [3.05, 3.63) is 47.7 Å². The number of pyridine rings is 1. The van der Waals surface area contributed by atoms with Crippen molar-refractivity contribution in [2.45, 2.75) is 20.0 Å². The van der Waals surface area contributed by atoms with E-state index in [4.69, 9.17) is 4.74 Å². The number of hydrogen-bond donors (Lipinski definition) is 1. The van der Waals surface area contributed by atoms with Crippen LogP contribution in [0, 0.1) is 0 Å². The van der Waals surface area contributed by atoms with Crippen molar-refractivity contribution in [3.63, 3.8) is 0 Å². The standard InChI is InChI=1S/C16H20N2O2/c1-4-13-8-12(11-19)9-16(17-13)18(2)14-6-5-7-15(10-14)20-3/h5-10,19H,4,11H2,1-3H3. The van der Waals surface area contributed by atoms with Crippen LogP contribution in [0.15, 0.2) is 36.4 Å². The van der Waals surface area contributed by atoms with Crippen LogP contribution in [0.3, 0.4) is 0 Å². The molecule has 0 spiro atoms. The Hall–Kier alpha value is -2.07. The van der Waals surface area contributed by atoms with Crippen LogP contribution in [-0.2, 0) is 13.0 Å². The summed E-state index contributed by atoms with van der Waals surface area (Å²) in [4.78, 5) is 6.59. The molecular formula is C16H20N2O2. The number of rotatable bonds is 5. The highest BCUT2D eigenvalue weighted by Gasteiger charge is 2.09. The monoisotopic (exact) mass is 272 g/mol. The summed E-state index contributed by atoms with van der Waals surface area (Å²) < 4.78 is 5.24. The van der Waals surface area contributed by atoms with Crippen molar-refractivity contribution in [1.82, 2.24) is 4.98 Å². The van der Waals surface area contributed by atoms with Crippen molar-refractivity contribution in [2.75, 3.05) is 19.1 Å². The van der Waals surface area contributed by atoms with Gasteiger partial charge >= 0.3 is 0 Å². The molecule has 0 aliphatic rings. The number of nitrogens with zero attached hydrogens (tertiary/aromatic N) is 2. The Balaban J connectivity index is 2.38. The number of benzene rings is 1. The normalized spacial score (nSPS) is 10.4. The lowest BCUT2D eigenvalue weighted by Crippen LogP contribution is -2.12. The highest BCUT2D eigenvalue weighted by atomic mass is 16.5. The molecule has 0 radical (unpaired) electrons. The van der Waals surface area contributed by atoms with Gasteiger partial charge in [-0.1, -0.05) is 13.0 Å². The summed E-state index contributed by atoms with van der Waals surface area (Å²) in [5, 5.41) is 9.35. The molecule has 1 aromatic heterocycles. The van der Waals surface area contributed by atoms with E-state index in [1.54, 1.807) is 7.11 Å². The number of aliphatic hydroxyl groups excluding tert-OH is 1. The molecule has 1 N–H and O–H groups in total. The molecule has 0 aliphatic heterocycles. The molecule has 0 amide bonds. The largest absolute Gasteiger partial charge is 0.497 e. The molecule has 0 saturated heterocycles. The number of anilines is 2. The molecule has 1 heterocycles. The molecule has 0 aliphatic carbocycles. The maximum Gasteiger partial charge on any atom is 0.133 e. The van der Waals surface area contributed by atoms with Gasteiger partial charge in [-0.2, -0.15) is 0 Å². The highest BCUT2D eigenvalue weighted by Crippen LogP contribution is 2.26. The fourth-order valence-corrected chi connectivity index (χ4v) is 2.03. The first kappa shape index (κ1) is 14.3. The van der Waals surface area contributed by atoms with Crippen LogP contribution in [0.4, 0.5) is 11.5 Å². The minimum atomic E-state index is 0.0223. The minimum Gasteiger partial charge on any atom is -0.497 e. The summed E-state index contributed by atoms with van der Waals surface area (Å²) in [6.45, 7) is 2.08. The lowest BCUT2D eigenvalue weighted by molar-refractivity contribution is 0.281. The average Bonchev–Trinajstić information content (AvgIpc) is 2.53. The predicted molar refractivity (Wildman–Crippen MR) is 80.6 cm³/mol. The smallest absolute Gasteiger partial charge is 0.133 e. The predicted octanol–water partition coefficient (Wildman–Crippen LogP) is 2.91. The van der Waals surface area contributed by atoms with E-state index in [1.165, 1.54) is 0 Å². The molecule has 0 saturated carbocycles. The number of ether oxygens (including phenoxy) is 1. The first-order chi connectivity index (χ1) is 9.67. The number of methoxy groups -OCH3 is 1. The summed E-state index contributed by atoms with van der Waals surface area (Å²) >= 11 is 0. The molecular weight excluding hydrogens is 252 g/mol. The van der Waals surface area contributed by atoms with Gasteiger partial charge in [-0.25, -0.2) is 4.98 Å². The molecule has 2 aromatic rings. The van der Waals surface area contributed by atoms with E-state index in [1.807, 2.05) is 48.3 Å². The number of aliphatic hydroxyl groups is 1. The zero-order valence-corrected chi connectivity index (χ0v) is 12.1. The van der Waals surface area contributed by atoms with Crippen molar-refractivity contribution >= 4 is 11.5 Å². The van der Waals surface area contributed by atoms with Gasteiger partial charge in [0.2, 0.25) is 0 Å². The Bertz CT molecular complexity index is 562. The van der Waals surface area contributed by atoms with Gasteiger partial charge in [-0.05, 0) is 36.2 Å². The molecule has 0 fully saturated rings. The van der Waals surface area contributed by atoms with Crippen LogP contribution < -0.4 is 9.64 Å². The number of hydrogen-bond acceptors (Lipinski definition) is 4. The van der Waals surface area contributed by atoms with Crippen LogP contribution in [0.5, 0.6) is 5.75 Å². The van der Waals surface area contributed by atoms with Crippen LogP contribution in [-0.4, -0.2) is 24.2 Å². The summed E-state index contributed by atoms with van der Waals surface area (Å²) in [5.41, 5.74) is 2.84. The second kappa shape index (κ2) is 6.39. The Morgan fingerprint density at radius 1 is 1.25 bits per heavy atom. The van der Waals surface area contributed by atoms with Gasteiger partial charge in [-0.3, -0.25) is 0 Å². The van der Waals surface area contributed by atoms with Gasteiger partial charge in [0, 0.05) is 24.5 Å². The Morgan fingerprint density at radius 2 is 2.05 bits per heavy atom. The quantitative estimate of drug-likeness (QED) is 0.909. The van der Waals surface area contributed by atoms with Crippen LogP contribution in [0.25, 0.3) is 0 Å². The summed E-state index contributed by atoms with van der Waals surface area (Å²) in [6, 6.07) is 11.6. The Morgan fingerprint density at radius 3 is 2.70 bits per heavy atom. The molecule has 0 bridgehead atoms. The highest BCUT2D eigenvalue weighted by molar-refractivity contribution is 5.61. The van der Waals surface area contributed by atoms with Gasteiger partial charge in [0.25, 0.3) is 0 Å². The van der Waals surface area contributed by atoms with Gasteiger partial charge in [0.15, 0.2) is 0 Å². The van der Waals surface area contributed by atoms with Gasteiger partial charge in [0.05, 0.1) is 13.7 Å². The molecule has 4 nitrogen and oxygen atoms in total. The molecule has 1 aromatic carbocycles. The number of aromatic nitrogens is 1. The molecule has 2 rings (SSSR count). The number of aryl methyl sites for hydroxylation is 1. The maximum atomic E-state index is 9.35. The molecule has 20 heavy (non-hydrogen) atoms. The van der Waals surface area contributed by atoms with Gasteiger partial charge in [-0.15, -0.1) is 0 Å². The first-order valence-corrected chi connectivity index (χ1v) is 6.66. The third-order valence-corrected chi connectivity index (χ3v) is 3.25. The van der Waals surface area contributed by atoms with Crippen molar-refractivity contribution in [3.8, 4) is 5.75 Å². The molecule has 4 heteroatoms. The second-order valence-corrected chi connectivity index (χ2v) is 4.60. The topological polar surface area (TPSA) is 45.6 Å². The zero-order chi connectivity index (χ0) is 14.5. The maximum absolute atomic E-state index is 9.35. The van der Waals surface area contributed by atoms with E-state index < -0.39 is 0 Å². The van der Waals surface area contributed by atoms with Crippen LogP contribution in [0.2, 0.25) is 0 Å². The Kier molecular flexibility index (Phi) is 4.58. The second-order valence-electron chi connectivity index (χ2n) is 4.60. The summed E-state index contributed by atoms with van der Waals surface area (Å²) in [6.07, 6.45) is 0.840.